The first-order valence-corrected chi connectivity index (χ1v) is 6.94. The summed E-state index contributed by atoms with van der Waals surface area (Å²) in [7, 11) is 0. The summed E-state index contributed by atoms with van der Waals surface area (Å²) in [6.45, 7) is 0.644. The summed E-state index contributed by atoms with van der Waals surface area (Å²) >= 11 is 3.17. The van der Waals surface area contributed by atoms with Gasteiger partial charge in [0.2, 0.25) is 0 Å². The minimum Gasteiger partial charge on any atom is -0.358 e. The molecule has 1 fully saturated rings. The quantitative estimate of drug-likeness (QED) is 0.742. The maximum Gasteiger partial charge on any atom is 0.328 e. The molecule has 3 heterocycles. The van der Waals surface area contributed by atoms with Crippen molar-refractivity contribution in [2.75, 3.05) is 6.61 Å². The van der Waals surface area contributed by atoms with Crippen LogP contribution in [-0.2, 0) is 4.74 Å². The lowest BCUT2D eigenvalue weighted by molar-refractivity contribution is -0.0986. The van der Waals surface area contributed by atoms with Crippen LogP contribution in [0.15, 0.2) is 27.6 Å². The lowest BCUT2D eigenvalue weighted by Gasteiger charge is -2.27. The van der Waals surface area contributed by atoms with E-state index in [-0.39, 0.29) is 17.7 Å². The minimum absolute atomic E-state index is 0.237. The smallest absolute Gasteiger partial charge is 0.328 e. The van der Waals surface area contributed by atoms with Gasteiger partial charge in [-0.2, -0.15) is 0 Å². The molecule has 1 aliphatic heterocycles. The van der Waals surface area contributed by atoms with E-state index in [9.17, 15) is 9.18 Å². The number of fused-ring (bicyclic) bond motifs is 3. The number of hydrogen-bond donors (Lipinski definition) is 1. The number of aromatic nitrogens is 3. The van der Waals surface area contributed by atoms with Gasteiger partial charge in [-0.1, -0.05) is 0 Å². The van der Waals surface area contributed by atoms with Gasteiger partial charge in [-0.25, -0.2) is 9.18 Å². The van der Waals surface area contributed by atoms with Gasteiger partial charge in [0.25, 0.3) is 0 Å². The van der Waals surface area contributed by atoms with Crippen LogP contribution in [0.2, 0.25) is 0 Å². The molecule has 1 saturated heterocycles. The molecule has 1 N–H and O–H groups in total. The Hall–Kier alpha value is -1.73. The SMILES string of the molecule is O=c1[nH]c2cnc3cc(F)c(Br)cc3c2n1C1CCO1. The zero-order valence-electron chi connectivity index (χ0n) is 10.2. The van der Waals surface area contributed by atoms with E-state index in [2.05, 4.69) is 25.9 Å². The molecule has 3 aromatic rings. The predicted octanol–water partition coefficient (Wildman–Crippen LogP) is 2.70. The summed E-state index contributed by atoms with van der Waals surface area (Å²) in [5, 5.41) is 0.713. The van der Waals surface area contributed by atoms with Gasteiger partial charge in [-0.3, -0.25) is 9.55 Å². The molecule has 0 saturated carbocycles. The Labute approximate surface area is 120 Å². The van der Waals surface area contributed by atoms with Gasteiger partial charge in [0.1, 0.15) is 12.0 Å². The van der Waals surface area contributed by atoms with Crippen LogP contribution in [0.25, 0.3) is 21.9 Å². The highest BCUT2D eigenvalue weighted by Gasteiger charge is 2.25. The van der Waals surface area contributed by atoms with Crippen LogP contribution in [0.4, 0.5) is 4.39 Å². The Morgan fingerprint density at radius 3 is 3.00 bits per heavy atom. The molecular formula is C13H9BrFN3O2. The molecule has 1 aromatic carbocycles. The first kappa shape index (κ1) is 12.0. The summed E-state index contributed by atoms with van der Waals surface area (Å²) in [5.41, 5.74) is 1.59. The van der Waals surface area contributed by atoms with Gasteiger partial charge in [0, 0.05) is 17.9 Å². The molecular weight excluding hydrogens is 329 g/mol. The number of nitrogens with zero attached hydrogens (tertiary/aromatic N) is 2. The zero-order chi connectivity index (χ0) is 13.9. The maximum absolute atomic E-state index is 13.6. The van der Waals surface area contributed by atoms with Crippen molar-refractivity contribution >= 4 is 37.9 Å². The van der Waals surface area contributed by atoms with Gasteiger partial charge in [0.15, 0.2) is 0 Å². The van der Waals surface area contributed by atoms with Crippen LogP contribution in [0.1, 0.15) is 12.6 Å². The molecule has 0 bridgehead atoms. The largest absolute Gasteiger partial charge is 0.358 e. The molecule has 1 aliphatic rings. The Bertz CT molecular complexity index is 898. The van der Waals surface area contributed by atoms with Crippen molar-refractivity contribution in [2.45, 2.75) is 12.6 Å². The molecule has 5 nitrogen and oxygen atoms in total. The Kier molecular flexibility index (Phi) is 2.49. The lowest BCUT2D eigenvalue weighted by atomic mass is 10.2. The van der Waals surface area contributed by atoms with E-state index >= 15 is 0 Å². The molecule has 0 amide bonds. The van der Waals surface area contributed by atoms with E-state index in [0.717, 1.165) is 6.42 Å². The molecule has 0 radical (unpaired) electrons. The van der Waals surface area contributed by atoms with E-state index in [4.69, 9.17) is 4.74 Å². The second-order valence-corrected chi connectivity index (χ2v) is 5.57. The average molecular weight is 338 g/mol. The zero-order valence-corrected chi connectivity index (χ0v) is 11.8. The van der Waals surface area contributed by atoms with Crippen molar-refractivity contribution in [3.63, 3.8) is 0 Å². The summed E-state index contributed by atoms with van der Waals surface area (Å²) in [6, 6.07) is 2.99. The van der Waals surface area contributed by atoms with Crippen molar-refractivity contribution in [3.8, 4) is 0 Å². The highest BCUT2D eigenvalue weighted by Crippen LogP contribution is 2.31. The first-order valence-electron chi connectivity index (χ1n) is 6.15. The van der Waals surface area contributed by atoms with Crippen LogP contribution in [0.5, 0.6) is 0 Å². The predicted molar refractivity (Wildman–Crippen MR) is 75.1 cm³/mol. The fourth-order valence-corrected chi connectivity index (χ4v) is 2.85. The van der Waals surface area contributed by atoms with Gasteiger partial charge in [-0.15, -0.1) is 0 Å². The number of pyridine rings is 1. The van der Waals surface area contributed by atoms with Crippen LogP contribution < -0.4 is 5.69 Å². The van der Waals surface area contributed by atoms with E-state index in [0.29, 0.717) is 33.0 Å². The average Bonchev–Trinajstić information content (AvgIpc) is 2.67. The highest BCUT2D eigenvalue weighted by molar-refractivity contribution is 9.10. The summed E-state index contributed by atoms with van der Waals surface area (Å²) in [4.78, 5) is 19.0. The third-order valence-electron chi connectivity index (χ3n) is 3.55. The van der Waals surface area contributed by atoms with Gasteiger partial charge < -0.3 is 9.72 Å². The molecule has 0 aliphatic carbocycles. The lowest BCUT2D eigenvalue weighted by Crippen LogP contribution is -2.31. The Balaban J connectivity index is 2.16. The first-order chi connectivity index (χ1) is 9.65. The monoisotopic (exact) mass is 337 g/mol. The molecule has 20 heavy (non-hydrogen) atoms. The minimum atomic E-state index is -0.381. The highest BCUT2D eigenvalue weighted by atomic mass is 79.9. The topological polar surface area (TPSA) is 59.9 Å². The molecule has 1 atom stereocenters. The van der Waals surface area contributed by atoms with E-state index in [1.165, 1.54) is 6.07 Å². The van der Waals surface area contributed by atoms with Crippen molar-refractivity contribution in [1.29, 1.82) is 0 Å². The third-order valence-corrected chi connectivity index (χ3v) is 4.15. The summed E-state index contributed by atoms with van der Waals surface area (Å²) in [6.07, 6.45) is 2.08. The molecule has 0 spiro atoms. The van der Waals surface area contributed by atoms with Crippen molar-refractivity contribution in [2.24, 2.45) is 0 Å². The van der Waals surface area contributed by atoms with Gasteiger partial charge in [-0.05, 0) is 22.0 Å². The van der Waals surface area contributed by atoms with Crippen molar-refractivity contribution in [1.82, 2.24) is 14.5 Å². The molecule has 1 unspecified atom stereocenters. The number of nitrogens with one attached hydrogen (secondary N) is 1. The second-order valence-electron chi connectivity index (χ2n) is 4.72. The normalized spacial score (nSPS) is 18.6. The van der Waals surface area contributed by atoms with Crippen LogP contribution in [0, 0.1) is 5.82 Å². The number of benzene rings is 1. The third kappa shape index (κ3) is 1.56. The number of ether oxygens (including phenoxy) is 1. The van der Waals surface area contributed by atoms with Crippen molar-refractivity contribution < 1.29 is 9.13 Å². The molecule has 4 rings (SSSR count). The van der Waals surface area contributed by atoms with Gasteiger partial charge in [0.05, 0.1) is 33.8 Å². The van der Waals surface area contributed by atoms with Gasteiger partial charge >= 0.3 is 5.69 Å². The Morgan fingerprint density at radius 1 is 1.50 bits per heavy atom. The summed E-state index contributed by atoms with van der Waals surface area (Å²) in [5.74, 6) is -0.381. The van der Waals surface area contributed by atoms with Crippen LogP contribution in [-0.4, -0.2) is 21.1 Å². The molecule has 102 valence electrons. The standard InChI is InChI=1S/C13H9BrFN3O2/c14-7-3-6-9(4-8(7)15)16-5-10-12(6)18(13(19)17-10)11-1-2-20-11/h3-5,11H,1-2H2,(H,17,19). The number of H-pyrrole nitrogens is 1. The number of imidazole rings is 1. The number of aromatic amines is 1. The molecule has 7 heteroatoms. The molecule has 2 aromatic heterocycles. The van der Waals surface area contributed by atoms with E-state index < -0.39 is 0 Å². The maximum atomic E-state index is 13.6. The fraction of sp³-hybridized carbons (Fsp3) is 0.231. The summed E-state index contributed by atoms with van der Waals surface area (Å²) < 4.78 is 20.9. The van der Waals surface area contributed by atoms with Crippen LogP contribution in [0.3, 0.4) is 0 Å². The van der Waals surface area contributed by atoms with Crippen LogP contribution >= 0.6 is 15.9 Å². The van der Waals surface area contributed by atoms with Crippen molar-refractivity contribution in [3.05, 3.63) is 39.1 Å². The fourth-order valence-electron chi connectivity index (χ4n) is 2.50. The second kappa shape index (κ2) is 4.13. The Morgan fingerprint density at radius 2 is 2.30 bits per heavy atom. The van der Waals surface area contributed by atoms with E-state index in [1.54, 1.807) is 16.8 Å². The number of hydrogen-bond acceptors (Lipinski definition) is 3. The number of halogens is 2. The number of rotatable bonds is 1. The van der Waals surface area contributed by atoms with E-state index in [1.807, 2.05) is 0 Å².